The fraction of sp³-hybridized carbons (Fsp3) is 0.250. The van der Waals surface area contributed by atoms with Crippen LogP contribution in [-0.4, -0.2) is 14.4 Å². The van der Waals surface area contributed by atoms with Crippen LogP contribution in [0.1, 0.15) is 25.3 Å². The summed E-state index contributed by atoms with van der Waals surface area (Å²) in [5, 5.41) is 0. The minimum atomic E-state index is 0.362. The van der Waals surface area contributed by atoms with Crippen molar-refractivity contribution in [2.45, 2.75) is 25.2 Å². The summed E-state index contributed by atoms with van der Waals surface area (Å²) in [6.45, 7) is 2.32. The second-order valence-electron chi connectivity index (χ2n) is 5.70. The number of hydrogen-bond acceptors (Lipinski definition) is 2. The predicted octanol–water partition coefficient (Wildman–Crippen LogP) is 4.21. The van der Waals surface area contributed by atoms with Gasteiger partial charge in [0.2, 0.25) is 0 Å². The molecule has 3 nitrogen and oxygen atoms in total. The first-order valence-corrected chi connectivity index (χ1v) is 7.56. The molecule has 0 radical (unpaired) electrons. The van der Waals surface area contributed by atoms with Gasteiger partial charge >= 0.3 is 0 Å². The molecule has 3 aromatic rings. The summed E-state index contributed by atoms with van der Waals surface area (Å²) in [7, 11) is 0. The van der Waals surface area contributed by atoms with Crippen molar-refractivity contribution in [1.82, 2.24) is 14.4 Å². The standard InChI is InChI=1S/C16H14BrN3/c1-16(7-8-16)11-5-6-15-18-9-13(20(15)10-11)12-3-2-4-14(17)19-12/h2-6,9-10H,7-8H2,1H3. The number of imidazole rings is 1. The Balaban J connectivity index is 1.91. The molecule has 0 saturated heterocycles. The van der Waals surface area contributed by atoms with E-state index in [0.717, 1.165) is 21.6 Å². The third-order valence-corrected chi connectivity index (χ3v) is 4.62. The highest BCUT2D eigenvalue weighted by molar-refractivity contribution is 9.10. The zero-order valence-electron chi connectivity index (χ0n) is 11.2. The van der Waals surface area contributed by atoms with Crippen molar-refractivity contribution >= 4 is 21.6 Å². The van der Waals surface area contributed by atoms with E-state index in [0.29, 0.717) is 5.41 Å². The fourth-order valence-corrected chi connectivity index (χ4v) is 2.90. The molecule has 100 valence electrons. The van der Waals surface area contributed by atoms with Gasteiger partial charge in [-0.2, -0.15) is 0 Å². The maximum atomic E-state index is 4.53. The van der Waals surface area contributed by atoms with Crippen LogP contribution in [0, 0.1) is 0 Å². The van der Waals surface area contributed by atoms with Gasteiger partial charge in [-0.1, -0.05) is 19.1 Å². The predicted molar refractivity (Wildman–Crippen MR) is 82.7 cm³/mol. The van der Waals surface area contributed by atoms with Crippen molar-refractivity contribution in [1.29, 1.82) is 0 Å². The number of nitrogens with zero attached hydrogens (tertiary/aromatic N) is 3. The van der Waals surface area contributed by atoms with Gasteiger partial charge in [0.25, 0.3) is 0 Å². The summed E-state index contributed by atoms with van der Waals surface area (Å²) in [5.41, 5.74) is 4.69. The third kappa shape index (κ3) is 1.86. The molecular weight excluding hydrogens is 314 g/mol. The van der Waals surface area contributed by atoms with Gasteiger partial charge in [0, 0.05) is 6.20 Å². The molecule has 0 bridgehead atoms. The van der Waals surface area contributed by atoms with Crippen molar-refractivity contribution in [3.05, 3.63) is 52.9 Å². The molecule has 3 aromatic heterocycles. The molecule has 0 unspecified atom stereocenters. The van der Waals surface area contributed by atoms with Crippen LogP contribution in [0.3, 0.4) is 0 Å². The molecule has 0 amide bonds. The van der Waals surface area contributed by atoms with Crippen LogP contribution in [0.5, 0.6) is 0 Å². The van der Waals surface area contributed by atoms with Crippen LogP contribution < -0.4 is 0 Å². The topological polar surface area (TPSA) is 30.2 Å². The first-order valence-electron chi connectivity index (χ1n) is 6.76. The van der Waals surface area contributed by atoms with Crippen molar-refractivity contribution in [3.63, 3.8) is 0 Å². The van der Waals surface area contributed by atoms with E-state index in [9.17, 15) is 0 Å². The average molecular weight is 328 g/mol. The molecule has 0 aromatic carbocycles. The van der Waals surface area contributed by atoms with Crippen molar-refractivity contribution in [2.24, 2.45) is 0 Å². The van der Waals surface area contributed by atoms with Crippen LogP contribution in [0.2, 0.25) is 0 Å². The Hall–Kier alpha value is -1.68. The zero-order valence-corrected chi connectivity index (χ0v) is 12.8. The van der Waals surface area contributed by atoms with Crippen LogP contribution in [0.15, 0.2) is 47.3 Å². The van der Waals surface area contributed by atoms with Crippen molar-refractivity contribution in [2.75, 3.05) is 0 Å². The Morgan fingerprint density at radius 3 is 2.80 bits per heavy atom. The molecule has 1 fully saturated rings. The van der Waals surface area contributed by atoms with Crippen molar-refractivity contribution < 1.29 is 0 Å². The summed E-state index contributed by atoms with van der Waals surface area (Å²) in [6.07, 6.45) is 6.66. The molecular formula is C16H14BrN3. The molecule has 1 saturated carbocycles. The minimum absolute atomic E-state index is 0.362. The second-order valence-corrected chi connectivity index (χ2v) is 6.51. The summed E-state index contributed by atoms with van der Waals surface area (Å²) >= 11 is 3.43. The van der Waals surface area contributed by atoms with Gasteiger partial charge in [-0.25, -0.2) is 9.97 Å². The summed E-state index contributed by atoms with van der Waals surface area (Å²) in [4.78, 5) is 9.01. The summed E-state index contributed by atoms with van der Waals surface area (Å²) in [6, 6.07) is 10.2. The largest absolute Gasteiger partial charge is 0.298 e. The number of aromatic nitrogens is 3. The van der Waals surface area contributed by atoms with Crippen LogP contribution in [0.4, 0.5) is 0 Å². The van der Waals surface area contributed by atoms with Crippen LogP contribution in [-0.2, 0) is 5.41 Å². The first kappa shape index (κ1) is 12.1. The van der Waals surface area contributed by atoms with Gasteiger partial charge in [-0.3, -0.25) is 4.40 Å². The molecule has 4 rings (SSSR count). The molecule has 0 spiro atoms. The number of pyridine rings is 2. The third-order valence-electron chi connectivity index (χ3n) is 4.18. The van der Waals surface area contributed by atoms with Gasteiger partial charge in [-0.15, -0.1) is 0 Å². The SMILES string of the molecule is CC1(c2ccc3ncc(-c4cccc(Br)n4)n3c2)CC1. The molecule has 0 N–H and O–H groups in total. The Morgan fingerprint density at radius 2 is 2.05 bits per heavy atom. The van der Waals surface area contributed by atoms with Gasteiger partial charge in [0.05, 0.1) is 17.6 Å². The maximum absolute atomic E-state index is 4.53. The molecule has 3 heterocycles. The van der Waals surface area contributed by atoms with Gasteiger partial charge in [-0.05, 0) is 57.9 Å². The summed E-state index contributed by atoms with van der Waals surface area (Å²) in [5.74, 6) is 0. The molecule has 1 aliphatic rings. The Labute approximate surface area is 125 Å². The molecule has 4 heteroatoms. The number of rotatable bonds is 2. The molecule has 0 atom stereocenters. The smallest absolute Gasteiger partial charge is 0.137 e. The van der Waals surface area contributed by atoms with E-state index in [2.05, 4.69) is 55.6 Å². The molecule has 1 aliphatic carbocycles. The van der Waals surface area contributed by atoms with E-state index in [1.54, 1.807) is 0 Å². The molecule has 0 aliphatic heterocycles. The normalized spacial score (nSPS) is 16.5. The second kappa shape index (κ2) is 4.16. The van der Waals surface area contributed by atoms with Gasteiger partial charge < -0.3 is 0 Å². The average Bonchev–Trinajstić information content (AvgIpc) is 3.06. The lowest BCUT2D eigenvalue weighted by Gasteiger charge is -2.10. The van der Waals surface area contributed by atoms with Gasteiger partial charge in [0.1, 0.15) is 10.3 Å². The lowest BCUT2D eigenvalue weighted by molar-refractivity contribution is 0.779. The van der Waals surface area contributed by atoms with E-state index < -0.39 is 0 Å². The molecule has 20 heavy (non-hydrogen) atoms. The summed E-state index contributed by atoms with van der Waals surface area (Å²) < 4.78 is 2.99. The van der Waals surface area contributed by atoms with E-state index in [-0.39, 0.29) is 0 Å². The fourth-order valence-electron chi connectivity index (χ4n) is 2.55. The quantitative estimate of drug-likeness (QED) is 0.660. The van der Waals surface area contributed by atoms with Gasteiger partial charge in [0.15, 0.2) is 0 Å². The number of halogens is 1. The van der Waals surface area contributed by atoms with E-state index in [4.69, 9.17) is 0 Å². The lowest BCUT2D eigenvalue weighted by Crippen LogP contribution is -2.02. The van der Waals surface area contributed by atoms with E-state index >= 15 is 0 Å². The first-order chi connectivity index (χ1) is 9.66. The van der Waals surface area contributed by atoms with Crippen molar-refractivity contribution in [3.8, 4) is 11.4 Å². The Kier molecular flexibility index (Phi) is 2.51. The lowest BCUT2D eigenvalue weighted by atomic mass is 10.0. The Bertz CT molecular complexity index is 802. The zero-order chi connectivity index (χ0) is 13.7. The van der Waals surface area contributed by atoms with E-state index in [1.165, 1.54) is 18.4 Å². The van der Waals surface area contributed by atoms with Crippen LogP contribution >= 0.6 is 15.9 Å². The maximum Gasteiger partial charge on any atom is 0.137 e. The number of hydrogen-bond donors (Lipinski definition) is 0. The van der Waals surface area contributed by atoms with Crippen LogP contribution in [0.25, 0.3) is 17.0 Å². The highest BCUT2D eigenvalue weighted by Gasteiger charge is 2.39. The monoisotopic (exact) mass is 327 g/mol. The minimum Gasteiger partial charge on any atom is -0.298 e. The van der Waals surface area contributed by atoms with E-state index in [1.807, 2.05) is 24.4 Å². The highest BCUT2D eigenvalue weighted by atomic mass is 79.9. The highest BCUT2D eigenvalue weighted by Crippen LogP contribution is 2.47. The Morgan fingerprint density at radius 1 is 1.20 bits per heavy atom. The number of fused-ring (bicyclic) bond motifs is 1.